The number of likely N-dealkylation sites (tertiary alicyclic amines) is 1. The summed E-state index contributed by atoms with van der Waals surface area (Å²) in [6, 6.07) is 8.25. The van der Waals surface area contributed by atoms with Crippen molar-refractivity contribution in [2.24, 2.45) is 0 Å². The van der Waals surface area contributed by atoms with Crippen LogP contribution in [0.25, 0.3) is 0 Å². The number of nitrogens with one attached hydrogen (secondary N) is 2. The molecular formula is C19H24N4O2. The van der Waals surface area contributed by atoms with Crippen molar-refractivity contribution in [1.82, 2.24) is 20.4 Å². The molecule has 1 unspecified atom stereocenters. The first-order chi connectivity index (χ1) is 12.3. The molecule has 0 saturated carbocycles. The summed E-state index contributed by atoms with van der Waals surface area (Å²) in [7, 11) is 1.70. The number of fused-ring (bicyclic) bond motifs is 1. The highest BCUT2D eigenvalue weighted by Crippen LogP contribution is 2.37. The Morgan fingerprint density at radius 1 is 1.28 bits per heavy atom. The fourth-order valence-corrected chi connectivity index (χ4v) is 4.09. The topological polar surface area (TPSA) is 70.2 Å². The van der Waals surface area contributed by atoms with E-state index in [0.29, 0.717) is 5.92 Å². The lowest BCUT2D eigenvalue weighted by Crippen LogP contribution is -2.45. The third kappa shape index (κ3) is 3.08. The standard InChI is InChI=1S/C19H24N4O2/c1-25-18-4-2-3-14-15(18)5-6-17(14)21-19(24)23-11-8-13(9-12-23)16-7-10-20-22-16/h2-4,7,10,13,17H,5-6,8-9,11-12H2,1H3,(H,20,22)(H,21,24). The third-order valence-electron chi connectivity index (χ3n) is 5.49. The summed E-state index contributed by atoms with van der Waals surface area (Å²) >= 11 is 0. The summed E-state index contributed by atoms with van der Waals surface area (Å²) in [4.78, 5) is 14.6. The number of rotatable bonds is 3. The number of benzene rings is 1. The molecule has 4 rings (SSSR count). The van der Waals surface area contributed by atoms with E-state index in [1.165, 1.54) is 16.8 Å². The first-order valence-electron chi connectivity index (χ1n) is 8.96. The van der Waals surface area contributed by atoms with Gasteiger partial charge in [-0.15, -0.1) is 0 Å². The average molecular weight is 340 g/mol. The van der Waals surface area contributed by atoms with Crippen LogP contribution >= 0.6 is 0 Å². The monoisotopic (exact) mass is 340 g/mol. The molecule has 1 atom stereocenters. The third-order valence-corrected chi connectivity index (χ3v) is 5.49. The molecule has 1 aliphatic carbocycles. The first-order valence-corrected chi connectivity index (χ1v) is 8.96. The Hall–Kier alpha value is -2.50. The van der Waals surface area contributed by atoms with Gasteiger partial charge in [0, 0.05) is 30.9 Å². The molecule has 1 fully saturated rings. The Morgan fingerprint density at radius 3 is 2.84 bits per heavy atom. The number of ether oxygens (including phenoxy) is 1. The maximum atomic E-state index is 12.7. The van der Waals surface area contributed by atoms with Crippen molar-refractivity contribution in [3.05, 3.63) is 47.3 Å². The summed E-state index contributed by atoms with van der Waals surface area (Å²) in [5.41, 5.74) is 3.60. The van der Waals surface area contributed by atoms with Crippen LogP contribution in [0.15, 0.2) is 30.5 Å². The predicted octanol–water partition coefficient (Wildman–Crippen LogP) is 2.99. The summed E-state index contributed by atoms with van der Waals surface area (Å²) in [5, 5.41) is 10.3. The average Bonchev–Trinajstić information content (AvgIpc) is 3.32. The van der Waals surface area contributed by atoms with Crippen molar-refractivity contribution in [3.63, 3.8) is 0 Å². The number of piperidine rings is 1. The Kier molecular flexibility index (Phi) is 4.34. The summed E-state index contributed by atoms with van der Waals surface area (Å²) in [5.74, 6) is 1.40. The van der Waals surface area contributed by atoms with E-state index in [1.807, 2.05) is 23.1 Å². The molecule has 2 aliphatic rings. The molecule has 2 amide bonds. The minimum Gasteiger partial charge on any atom is -0.496 e. The molecule has 6 heteroatoms. The molecule has 1 aromatic carbocycles. The van der Waals surface area contributed by atoms with Crippen LogP contribution in [0.3, 0.4) is 0 Å². The second kappa shape index (κ2) is 6.78. The highest BCUT2D eigenvalue weighted by Gasteiger charge is 2.29. The molecule has 132 valence electrons. The van der Waals surface area contributed by atoms with Gasteiger partial charge in [-0.1, -0.05) is 12.1 Å². The van der Waals surface area contributed by atoms with Crippen molar-refractivity contribution in [2.45, 2.75) is 37.6 Å². The van der Waals surface area contributed by atoms with Crippen molar-refractivity contribution in [1.29, 1.82) is 0 Å². The number of aromatic nitrogens is 2. The molecule has 2 N–H and O–H groups in total. The molecular weight excluding hydrogens is 316 g/mol. The highest BCUT2D eigenvalue weighted by atomic mass is 16.5. The number of urea groups is 1. The van der Waals surface area contributed by atoms with Gasteiger partial charge in [0.2, 0.25) is 0 Å². The van der Waals surface area contributed by atoms with Gasteiger partial charge in [0.25, 0.3) is 0 Å². The number of carbonyl (C=O) groups excluding carboxylic acids is 1. The van der Waals surface area contributed by atoms with Crippen LogP contribution in [0.5, 0.6) is 5.75 Å². The fraction of sp³-hybridized carbons (Fsp3) is 0.474. The van der Waals surface area contributed by atoms with Crippen LogP contribution in [0.2, 0.25) is 0 Å². The van der Waals surface area contributed by atoms with Crippen LogP contribution in [-0.2, 0) is 6.42 Å². The van der Waals surface area contributed by atoms with E-state index >= 15 is 0 Å². The molecule has 0 bridgehead atoms. The highest BCUT2D eigenvalue weighted by molar-refractivity contribution is 5.75. The van der Waals surface area contributed by atoms with E-state index in [0.717, 1.165) is 44.5 Å². The second-order valence-corrected chi connectivity index (χ2v) is 6.84. The number of nitrogens with zero attached hydrogens (tertiary/aromatic N) is 2. The molecule has 2 aromatic rings. The van der Waals surface area contributed by atoms with Crippen molar-refractivity contribution in [2.75, 3.05) is 20.2 Å². The van der Waals surface area contributed by atoms with Gasteiger partial charge in [-0.2, -0.15) is 5.10 Å². The van der Waals surface area contributed by atoms with Crippen LogP contribution in [-0.4, -0.2) is 41.3 Å². The van der Waals surface area contributed by atoms with Crippen LogP contribution in [0.1, 0.15) is 48.0 Å². The maximum Gasteiger partial charge on any atom is 0.317 e. The Labute approximate surface area is 147 Å². The molecule has 2 heterocycles. The normalized spacial score (nSPS) is 20.4. The van der Waals surface area contributed by atoms with Gasteiger partial charge in [0.15, 0.2) is 0 Å². The molecule has 1 saturated heterocycles. The number of methoxy groups -OCH3 is 1. The molecule has 25 heavy (non-hydrogen) atoms. The largest absolute Gasteiger partial charge is 0.496 e. The fourth-order valence-electron chi connectivity index (χ4n) is 4.09. The van der Waals surface area contributed by atoms with Gasteiger partial charge in [-0.25, -0.2) is 4.79 Å². The number of amides is 2. The van der Waals surface area contributed by atoms with Crippen LogP contribution in [0, 0.1) is 0 Å². The minimum atomic E-state index is 0.0451. The first kappa shape index (κ1) is 16.0. The number of carbonyl (C=O) groups is 1. The molecule has 0 spiro atoms. The van der Waals surface area contributed by atoms with E-state index in [9.17, 15) is 4.79 Å². The molecule has 1 aliphatic heterocycles. The minimum absolute atomic E-state index is 0.0451. The summed E-state index contributed by atoms with van der Waals surface area (Å²) in [6.45, 7) is 1.57. The van der Waals surface area contributed by atoms with E-state index in [2.05, 4.69) is 21.6 Å². The number of H-pyrrole nitrogens is 1. The lowest BCUT2D eigenvalue weighted by molar-refractivity contribution is 0.177. The van der Waals surface area contributed by atoms with Crippen LogP contribution < -0.4 is 10.1 Å². The quantitative estimate of drug-likeness (QED) is 0.902. The Morgan fingerprint density at radius 2 is 2.12 bits per heavy atom. The number of hydrogen-bond donors (Lipinski definition) is 2. The van der Waals surface area contributed by atoms with E-state index in [4.69, 9.17) is 4.74 Å². The van der Waals surface area contributed by atoms with Gasteiger partial charge >= 0.3 is 6.03 Å². The van der Waals surface area contributed by atoms with Gasteiger partial charge in [-0.05, 0) is 48.9 Å². The second-order valence-electron chi connectivity index (χ2n) is 6.84. The van der Waals surface area contributed by atoms with Gasteiger partial charge < -0.3 is 15.0 Å². The zero-order chi connectivity index (χ0) is 17.2. The van der Waals surface area contributed by atoms with E-state index in [1.54, 1.807) is 13.3 Å². The van der Waals surface area contributed by atoms with E-state index < -0.39 is 0 Å². The Balaban J connectivity index is 1.37. The van der Waals surface area contributed by atoms with Gasteiger partial charge in [0.05, 0.1) is 13.2 Å². The lowest BCUT2D eigenvalue weighted by atomic mass is 9.94. The van der Waals surface area contributed by atoms with Gasteiger partial charge in [-0.3, -0.25) is 5.10 Å². The zero-order valence-electron chi connectivity index (χ0n) is 14.5. The lowest BCUT2D eigenvalue weighted by Gasteiger charge is -2.32. The molecule has 1 aromatic heterocycles. The Bertz CT molecular complexity index is 736. The van der Waals surface area contributed by atoms with Crippen molar-refractivity contribution < 1.29 is 9.53 Å². The number of aromatic amines is 1. The van der Waals surface area contributed by atoms with E-state index in [-0.39, 0.29) is 12.1 Å². The van der Waals surface area contributed by atoms with Crippen LogP contribution in [0.4, 0.5) is 4.79 Å². The molecule has 6 nitrogen and oxygen atoms in total. The van der Waals surface area contributed by atoms with Gasteiger partial charge in [0.1, 0.15) is 5.75 Å². The predicted molar refractivity (Wildman–Crippen MR) is 94.7 cm³/mol. The van der Waals surface area contributed by atoms with Crippen molar-refractivity contribution in [3.8, 4) is 5.75 Å². The van der Waals surface area contributed by atoms with Crippen molar-refractivity contribution >= 4 is 6.03 Å². The summed E-state index contributed by atoms with van der Waals surface area (Å²) in [6.07, 6.45) is 5.63. The smallest absolute Gasteiger partial charge is 0.317 e. The maximum absolute atomic E-state index is 12.7. The number of hydrogen-bond acceptors (Lipinski definition) is 3. The zero-order valence-corrected chi connectivity index (χ0v) is 14.5. The SMILES string of the molecule is COc1cccc2c1CCC2NC(=O)N1CCC(c2ccn[nH]2)CC1. The molecule has 0 radical (unpaired) electrons. The summed E-state index contributed by atoms with van der Waals surface area (Å²) < 4.78 is 5.44.